The van der Waals surface area contributed by atoms with Gasteiger partial charge < -0.3 is 9.84 Å². The fourth-order valence-electron chi connectivity index (χ4n) is 2.51. The summed E-state index contributed by atoms with van der Waals surface area (Å²) in [4.78, 5) is 10.6. The Balaban J connectivity index is 3.17. The highest BCUT2D eigenvalue weighted by Gasteiger charge is 2.39. The van der Waals surface area contributed by atoms with Crippen LogP contribution in [0.4, 0.5) is 0 Å². The first-order chi connectivity index (χ1) is 9.04. The van der Waals surface area contributed by atoms with Gasteiger partial charge in [-0.1, -0.05) is 20.8 Å². The molecule has 0 aliphatic heterocycles. The first kappa shape index (κ1) is 15.9. The molecule has 0 radical (unpaired) electrons. The molecule has 1 aromatic rings. The molecule has 0 aromatic carbocycles. The van der Waals surface area contributed by atoms with Crippen LogP contribution < -0.4 is 4.74 Å². The van der Waals surface area contributed by atoms with Gasteiger partial charge in [0.15, 0.2) is 0 Å². The first-order valence-corrected chi connectivity index (χ1v) is 6.83. The molecule has 19 heavy (non-hydrogen) atoms. The van der Waals surface area contributed by atoms with Crippen molar-refractivity contribution >= 4 is 0 Å². The van der Waals surface area contributed by atoms with E-state index in [0.717, 1.165) is 19.5 Å². The lowest BCUT2D eigenvalue weighted by Crippen LogP contribution is -2.50. The van der Waals surface area contributed by atoms with Crippen LogP contribution in [-0.2, 0) is 0 Å². The van der Waals surface area contributed by atoms with E-state index in [1.165, 1.54) is 0 Å². The zero-order valence-electron chi connectivity index (χ0n) is 12.6. The third-order valence-corrected chi connectivity index (χ3v) is 3.93. The maximum Gasteiger partial charge on any atom is 0.238 e. The van der Waals surface area contributed by atoms with E-state index in [1.54, 1.807) is 19.5 Å². The maximum absolute atomic E-state index is 10.8. The van der Waals surface area contributed by atoms with E-state index in [2.05, 4.69) is 42.6 Å². The van der Waals surface area contributed by atoms with Crippen molar-refractivity contribution in [3.63, 3.8) is 0 Å². The van der Waals surface area contributed by atoms with E-state index in [1.807, 2.05) is 0 Å². The van der Waals surface area contributed by atoms with Crippen molar-refractivity contribution in [2.24, 2.45) is 0 Å². The summed E-state index contributed by atoms with van der Waals surface area (Å²) in [6, 6.07) is 0. The Kier molecular flexibility index (Phi) is 5.69. The minimum Gasteiger partial charge on any atom is -0.480 e. The number of aliphatic hydroxyl groups excluding tert-OH is 1. The molecule has 108 valence electrons. The highest BCUT2D eigenvalue weighted by molar-refractivity contribution is 5.23. The Labute approximate surface area is 115 Å². The predicted octanol–water partition coefficient (Wildman–Crippen LogP) is 2.03. The average Bonchev–Trinajstić information content (AvgIpc) is 2.47. The molecule has 0 aliphatic carbocycles. The summed E-state index contributed by atoms with van der Waals surface area (Å²) in [5.74, 6) is 0.391. The number of methoxy groups -OCH3 is 1. The van der Waals surface area contributed by atoms with Crippen molar-refractivity contribution in [1.82, 2.24) is 14.9 Å². The van der Waals surface area contributed by atoms with Crippen molar-refractivity contribution in [2.45, 2.75) is 45.8 Å². The molecule has 0 saturated carbocycles. The second-order valence-corrected chi connectivity index (χ2v) is 4.74. The number of hydrogen-bond acceptors (Lipinski definition) is 5. The summed E-state index contributed by atoms with van der Waals surface area (Å²) >= 11 is 0. The van der Waals surface area contributed by atoms with Gasteiger partial charge in [-0.15, -0.1) is 0 Å². The van der Waals surface area contributed by atoms with Gasteiger partial charge in [-0.3, -0.25) is 9.88 Å². The molecule has 0 saturated heterocycles. The van der Waals surface area contributed by atoms with Crippen molar-refractivity contribution in [1.29, 1.82) is 0 Å². The van der Waals surface area contributed by atoms with Crippen LogP contribution in [0.1, 0.15) is 45.9 Å². The Hall–Kier alpha value is -1.20. The molecule has 0 amide bonds. The van der Waals surface area contributed by atoms with Crippen molar-refractivity contribution < 1.29 is 9.84 Å². The highest BCUT2D eigenvalue weighted by Crippen LogP contribution is 2.35. The molecule has 1 heterocycles. The second kappa shape index (κ2) is 6.82. The van der Waals surface area contributed by atoms with E-state index in [0.29, 0.717) is 11.6 Å². The molecule has 0 fully saturated rings. The van der Waals surface area contributed by atoms with Crippen LogP contribution in [0.15, 0.2) is 12.4 Å². The third kappa shape index (κ3) is 3.04. The van der Waals surface area contributed by atoms with E-state index in [-0.39, 0.29) is 5.54 Å². The van der Waals surface area contributed by atoms with E-state index >= 15 is 0 Å². The standard InChI is InChI=1S/C14H25N3O2/c1-6-14(4,17(7-2)8-3)12(18)11-13(19-5)16-10-9-15-11/h9-10,12,18H,6-8H2,1-5H3. The Bertz CT molecular complexity index is 396. The quantitative estimate of drug-likeness (QED) is 0.819. The van der Waals surface area contributed by atoms with Gasteiger partial charge >= 0.3 is 0 Å². The minimum atomic E-state index is -0.735. The molecule has 5 heteroatoms. The number of hydrogen-bond donors (Lipinski definition) is 1. The number of aromatic nitrogens is 2. The third-order valence-electron chi connectivity index (χ3n) is 3.93. The average molecular weight is 267 g/mol. The van der Waals surface area contributed by atoms with E-state index in [9.17, 15) is 5.11 Å². The molecule has 1 N–H and O–H groups in total. The van der Waals surface area contributed by atoms with E-state index < -0.39 is 6.10 Å². The van der Waals surface area contributed by atoms with Gasteiger partial charge in [0.1, 0.15) is 11.8 Å². The van der Waals surface area contributed by atoms with Crippen LogP contribution in [-0.4, -0.2) is 45.7 Å². The number of rotatable bonds is 7. The van der Waals surface area contributed by atoms with Crippen LogP contribution in [0.2, 0.25) is 0 Å². The Morgan fingerprint density at radius 2 is 1.84 bits per heavy atom. The Morgan fingerprint density at radius 1 is 1.26 bits per heavy atom. The van der Waals surface area contributed by atoms with Gasteiger partial charge in [0.2, 0.25) is 5.88 Å². The molecule has 1 aromatic heterocycles. The zero-order chi connectivity index (χ0) is 14.5. The summed E-state index contributed by atoms with van der Waals surface area (Å²) in [5, 5.41) is 10.8. The topological polar surface area (TPSA) is 58.5 Å². The molecule has 0 aliphatic rings. The number of aliphatic hydroxyl groups is 1. The van der Waals surface area contributed by atoms with Crippen LogP contribution in [0, 0.1) is 0 Å². The van der Waals surface area contributed by atoms with Crippen LogP contribution in [0.5, 0.6) is 5.88 Å². The van der Waals surface area contributed by atoms with Gasteiger partial charge in [-0.25, -0.2) is 4.98 Å². The maximum atomic E-state index is 10.8. The molecular weight excluding hydrogens is 242 g/mol. The van der Waals surface area contributed by atoms with Crippen molar-refractivity contribution in [2.75, 3.05) is 20.2 Å². The summed E-state index contributed by atoms with van der Waals surface area (Å²) in [7, 11) is 1.54. The predicted molar refractivity (Wildman–Crippen MR) is 75.2 cm³/mol. The molecule has 0 bridgehead atoms. The zero-order valence-corrected chi connectivity index (χ0v) is 12.6. The number of likely N-dealkylation sites (N-methyl/N-ethyl adjacent to an activating group) is 1. The van der Waals surface area contributed by atoms with Gasteiger partial charge in [-0.2, -0.15) is 0 Å². The lowest BCUT2D eigenvalue weighted by molar-refractivity contribution is -0.0250. The molecular formula is C14H25N3O2. The molecule has 0 spiro atoms. The molecule has 1 rings (SSSR count). The van der Waals surface area contributed by atoms with Crippen molar-refractivity contribution in [3.8, 4) is 5.88 Å². The second-order valence-electron chi connectivity index (χ2n) is 4.74. The SMILES string of the molecule is CCN(CC)C(C)(CC)C(O)c1nccnc1OC. The van der Waals surface area contributed by atoms with E-state index in [4.69, 9.17) is 4.74 Å². The lowest BCUT2D eigenvalue weighted by atomic mass is 9.87. The fraction of sp³-hybridized carbons (Fsp3) is 0.714. The highest BCUT2D eigenvalue weighted by atomic mass is 16.5. The van der Waals surface area contributed by atoms with Gasteiger partial charge in [0.25, 0.3) is 0 Å². The summed E-state index contributed by atoms with van der Waals surface area (Å²) in [6.45, 7) is 10.1. The molecule has 5 nitrogen and oxygen atoms in total. The van der Waals surface area contributed by atoms with Gasteiger partial charge in [0.05, 0.1) is 7.11 Å². The van der Waals surface area contributed by atoms with Gasteiger partial charge in [0, 0.05) is 17.9 Å². The first-order valence-electron chi connectivity index (χ1n) is 6.83. The molecule has 2 atom stereocenters. The fourth-order valence-corrected chi connectivity index (χ4v) is 2.51. The number of nitrogens with zero attached hydrogens (tertiary/aromatic N) is 3. The van der Waals surface area contributed by atoms with Crippen molar-refractivity contribution in [3.05, 3.63) is 18.1 Å². The smallest absolute Gasteiger partial charge is 0.238 e. The largest absolute Gasteiger partial charge is 0.480 e. The van der Waals surface area contributed by atoms with Crippen LogP contribution in [0.25, 0.3) is 0 Å². The lowest BCUT2D eigenvalue weighted by Gasteiger charge is -2.43. The number of ether oxygens (including phenoxy) is 1. The summed E-state index contributed by atoms with van der Waals surface area (Å²) in [5.41, 5.74) is 0.119. The minimum absolute atomic E-state index is 0.382. The Morgan fingerprint density at radius 3 is 2.32 bits per heavy atom. The van der Waals surface area contributed by atoms with Gasteiger partial charge in [-0.05, 0) is 26.4 Å². The van der Waals surface area contributed by atoms with Crippen LogP contribution >= 0.6 is 0 Å². The van der Waals surface area contributed by atoms with Crippen LogP contribution in [0.3, 0.4) is 0 Å². The summed E-state index contributed by atoms with van der Waals surface area (Å²) < 4.78 is 5.20. The monoisotopic (exact) mass is 267 g/mol. The summed E-state index contributed by atoms with van der Waals surface area (Å²) in [6.07, 6.45) is 3.23. The normalized spacial score (nSPS) is 16.2. The molecule has 2 unspecified atom stereocenters.